The molecule has 0 spiro atoms. The van der Waals surface area contributed by atoms with Crippen LogP contribution in [0.4, 0.5) is 0 Å². The molecule has 18 heavy (non-hydrogen) atoms. The molecule has 1 heterocycles. The Morgan fingerprint density at radius 3 is 2.67 bits per heavy atom. The molecule has 0 bridgehead atoms. The van der Waals surface area contributed by atoms with Gasteiger partial charge in [-0.2, -0.15) is 0 Å². The lowest BCUT2D eigenvalue weighted by Gasteiger charge is -2.38. The summed E-state index contributed by atoms with van der Waals surface area (Å²) >= 11 is 7.46. The topological polar surface area (TPSA) is 40.5 Å². The summed E-state index contributed by atoms with van der Waals surface area (Å²) in [6, 6.07) is 7.63. The highest BCUT2D eigenvalue weighted by Gasteiger charge is 2.29. The van der Waals surface area contributed by atoms with Crippen LogP contribution >= 0.6 is 23.4 Å². The molecule has 0 aliphatic carbocycles. The van der Waals surface area contributed by atoms with E-state index in [0.29, 0.717) is 19.5 Å². The SMILES string of the molecule is O=C(CCSc1ccc(Cl)cc1)N1CC(CO)C1. The average Bonchev–Trinajstić information content (AvgIpc) is 2.30. The second kappa shape index (κ2) is 6.45. The minimum absolute atomic E-state index is 0.182. The number of amides is 1. The van der Waals surface area contributed by atoms with Gasteiger partial charge in [-0.15, -0.1) is 11.8 Å². The second-order valence-electron chi connectivity index (χ2n) is 4.40. The Balaban J connectivity index is 1.66. The standard InChI is InChI=1S/C13H16ClNO2S/c14-11-1-3-12(4-2-11)18-6-5-13(17)15-7-10(8-15)9-16/h1-4,10,16H,5-9H2. The summed E-state index contributed by atoms with van der Waals surface area (Å²) in [6.07, 6.45) is 0.547. The fraction of sp³-hybridized carbons (Fsp3) is 0.462. The van der Waals surface area contributed by atoms with Gasteiger partial charge in [-0.3, -0.25) is 4.79 Å². The molecule has 3 nitrogen and oxygen atoms in total. The Bertz CT molecular complexity index is 404. The van der Waals surface area contributed by atoms with Crippen molar-refractivity contribution in [2.24, 2.45) is 5.92 Å². The lowest BCUT2D eigenvalue weighted by Crippen LogP contribution is -2.51. The maximum absolute atomic E-state index is 11.7. The Morgan fingerprint density at radius 2 is 2.06 bits per heavy atom. The van der Waals surface area contributed by atoms with Crippen LogP contribution in [-0.4, -0.2) is 41.4 Å². The van der Waals surface area contributed by atoms with Gasteiger partial charge < -0.3 is 10.0 Å². The highest BCUT2D eigenvalue weighted by Crippen LogP contribution is 2.22. The first kappa shape index (κ1) is 13.7. The van der Waals surface area contributed by atoms with Crippen molar-refractivity contribution < 1.29 is 9.90 Å². The van der Waals surface area contributed by atoms with E-state index >= 15 is 0 Å². The molecule has 0 radical (unpaired) electrons. The van der Waals surface area contributed by atoms with E-state index in [1.54, 1.807) is 11.8 Å². The quantitative estimate of drug-likeness (QED) is 0.844. The van der Waals surface area contributed by atoms with Crippen LogP contribution in [0.5, 0.6) is 0 Å². The number of hydrogen-bond acceptors (Lipinski definition) is 3. The molecule has 0 atom stereocenters. The molecule has 5 heteroatoms. The van der Waals surface area contributed by atoms with Crippen LogP contribution in [0, 0.1) is 5.92 Å². The Morgan fingerprint density at radius 1 is 1.39 bits per heavy atom. The van der Waals surface area contributed by atoms with E-state index in [1.165, 1.54) is 0 Å². The lowest BCUT2D eigenvalue weighted by atomic mass is 10.0. The van der Waals surface area contributed by atoms with Gasteiger partial charge in [0.15, 0.2) is 0 Å². The van der Waals surface area contributed by atoms with Gasteiger partial charge in [0.05, 0.1) is 0 Å². The molecule has 1 saturated heterocycles. The fourth-order valence-electron chi connectivity index (χ4n) is 1.83. The molecule has 1 fully saturated rings. The zero-order chi connectivity index (χ0) is 13.0. The minimum atomic E-state index is 0.182. The maximum atomic E-state index is 11.7. The number of likely N-dealkylation sites (tertiary alicyclic amines) is 1. The Labute approximate surface area is 116 Å². The first-order chi connectivity index (χ1) is 8.69. The molecule has 1 aromatic carbocycles. The number of aliphatic hydroxyl groups is 1. The van der Waals surface area contributed by atoms with Crippen molar-refractivity contribution in [3.8, 4) is 0 Å². The maximum Gasteiger partial charge on any atom is 0.223 e. The van der Waals surface area contributed by atoms with E-state index in [4.69, 9.17) is 16.7 Å². The third-order valence-electron chi connectivity index (χ3n) is 2.97. The molecule has 2 rings (SSSR count). The third-order valence-corrected chi connectivity index (χ3v) is 4.23. The summed E-state index contributed by atoms with van der Waals surface area (Å²) in [4.78, 5) is 14.7. The molecule has 98 valence electrons. The van der Waals surface area contributed by atoms with E-state index in [0.717, 1.165) is 15.7 Å². The predicted molar refractivity (Wildman–Crippen MR) is 73.9 cm³/mol. The fourth-order valence-corrected chi connectivity index (χ4v) is 2.80. The van der Waals surface area contributed by atoms with E-state index < -0.39 is 0 Å². The summed E-state index contributed by atoms with van der Waals surface area (Å²) in [5, 5.41) is 9.61. The number of rotatable bonds is 5. The molecule has 0 aromatic heterocycles. The number of halogens is 1. The van der Waals surface area contributed by atoms with Crippen LogP contribution in [0.15, 0.2) is 29.2 Å². The smallest absolute Gasteiger partial charge is 0.223 e. The number of carbonyl (C=O) groups excluding carboxylic acids is 1. The van der Waals surface area contributed by atoms with Crippen LogP contribution in [0.2, 0.25) is 5.02 Å². The highest BCUT2D eigenvalue weighted by atomic mass is 35.5. The van der Waals surface area contributed by atoms with E-state index in [1.807, 2.05) is 29.2 Å². The summed E-state index contributed by atoms with van der Waals surface area (Å²) in [5.74, 6) is 1.25. The van der Waals surface area contributed by atoms with E-state index in [2.05, 4.69) is 0 Å². The monoisotopic (exact) mass is 285 g/mol. The van der Waals surface area contributed by atoms with Crippen LogP contribution in [0.3, 0.4) is 0 Å². The molecular formula is C13H16ClNO2S. The van der Waals surface area contributed by atoms with E-state index in [-0.39, 0.29) is 18.4 Å². The molecule has 0 saturated carbocycles. The summed E-state index contributed by atoms with van der Waals surface area (Å²) < 4.78 is 0. The van der Waals surface area contributed by atoms with Gasteiger partial charge in [0.2, 0.25) is 5.91 Å². The summed E-state index contributed by atoms with van der Waals surface area (Å²) in [7, 11) is 0. The third kappa shape index (κ3) is 3.64. The molecule has 1 N–H and O–H groups in total. The predicted octanol–water partition coefficient (Wildman–Crippen LogP) is 2.27. The van der Waals surface area contributed by atoms with Crippen molar-refractivity contribution in [2.75, 3.05) is 25.4 Å². The Kier molecular flexibility index (Phi) is 4.92. The van der Waals surface area contributed by atoms with Gasteiger partial charge >= 0.3 is 0 Å². The lowest BCUT2D eigenvalue weighted by molar-refractivity contribution is -0.137. The molecular weight excluding hydrogens is 270 g/mol. The molecule has 1 aromatic rings. The van der Waals surface area contributed by atoms with Crippen molar-refractivity contribution in [2.45, 2.75) is 11.3 Å². The largest absolute Gasteiger partial charge is 0.396 e. The van der Waals surface area contributed by atoms with Crippen molar-refractivity contribution >= 4 is 29.3 Å². The van der Waals surface area contributed by atoms with Gasteiger partial charge in [-0.1, -0.05) is 11.6 Å². The van der Waals surface area contributed by atoms with Crippen molar-refractivity contribution in [3.63, 3.8) is 0 Å². The number of hydrogen-bond donors (Lipinski definition) is 1. The van der Waals surface area contributed by atoms with Crippen LogP contribution in [0.1, 0.15) is 6.42 Å². The Hall–Kier alpha value is -0.710. The summed E-state index contributed by atoms with van der Waals surface area (Å²) in [5.41, 5.74) is 0. The normalized spacial score (nSPS) is 15.6. The minimum Gasteiger partial charge on any atom is -0.396 e. The summed E-state index contributed by atoms with van der Waals surface area (Å²) in [6.45, 7) is 1.60. The molecule has 1 aliphatic heterocycles. The number of nitrogens with zero attached hydrogens (tertiary/aromatic N) is 1. The molecule has 0 unspecified atom stereocenters. The van der Waals surface area contributed by atoms with Crippen LogP contribution < -0.4 is 0 Å². The van der Waals surface area contributed by atoms with Crippen molar-refractivity contribution in [1.29, 1.82) is 0 Å². The number of thioether (sulfide) groups is 1. The molecule has 1 amide bonds. The van der Waals surface area contributed by atoms with Gasteiger partial charge in [0.1, 0.15) is 0 Å². The second-order valence-corrected chi connectivity index (χ2v) is 6.00. The van der Waals surface area contributed by atoms with Crippen molar-refractivity contribution in [3.05, 3.63) is 29.3 Å². The van der Waals surface area contributed by atoms with Gasteiger partial charge in [0, 0.05) is 47.7 Å². The van der Waals surface area contributed by atoms with Gasteiger partial charge in [-0.05, 0) is 24.3 Å². The zero-order valence-electron chi connectivity index (χ0n) is 10.0. The number of benzene rings is 1. The highest BCUT2D eigenvalue weighted by molar-refractivity contribution is 7.99. The zero-order valence-corrected chi connectivity index (χ0v) is 11.6. The van der Waals surface area contributed by atoms with Gasteiger partial charge in [0.25, 0.3) is 0 Å². The van der Waals surface area contributed by atoms with E-state index in [9.17, 15) is 4.79 Å². The molecule has 1 aliphatic rings. The van der Waals surface area contributed by atoms with Gasteiger partial charge in [-0.25, -0.2) is 0 Å². The van der Waals surface area contributed by atoms with Crippen LogP contribution in [0.25, 0.3) is 0 Å². The first-order valence-corrected chi connectivity index (χ1v) is 7.32. The first-order valence-electron chi connectivity index (χ1n) is 5.96. The van der Waals surface area contributed by atoms with Crippen LogP contribution in [-0.2, 0) is 4.79 Å². The number of aliphatic hydroxyl groups excluding tert-OH is 1. The van der Waals surface area contributed by atoms with Crippen molar-refractivity contribution in [1.82, 2.24) is 4.90 Å². The number of carbonyl (C=O) groups is 1. The average molecular weight is 286 g/mol.